The van der Waals surface area contributed by atoms with E-state index in [-0.39, 0.29) is 23.6 Å². The summed E-state index contributed by atoms with van der Waals surface area (Å²) < 4.78 is 7.82. The second-order valence-corrected chi connectivity index (χ2v) is 7.63. The molecule has 152 valence electrons. The lowest BCUT2D eigenvalue weighted by molar-refractivity contribution is -0.135. The molecule has 0 saturated carbocycles. The summed E-state index contributed by atoms with van der Waals surface area (Å²) in [4.78, 5) is 39.9. The van der Waals surface area contributed by atoms with Crippen molar-refractivity contribution in [1.29, 1.82) is 0 Å². The van der Waals surface area contributed by atoms with Gasteiger partial charge in [-0.15, -0.1) is 0 Å². The van der Waals surface area contributed by atoms with Crippen molar-refractivity contribution in [2.75, 3.05) is 26.3 Å². The van der Waals surface area contributed by atoms with Crippen molar-refractivity contribution in [3.05, 3.63) is 60.7 Å². The molecular weight excluding hydrogens is 419 g/mol. The van der Waals surface area contributed by atoms with Crippen LogP contribution in [0.4, 0.5) is 0 Å². The van der Waals surface area contributed by atoms with E-state index in [0.717, 1.165) is 0 Å². The van der Waals surface area contributed by atoms with E-state index in [0.29, 0.717) is 58.6 Å². The van der Waals surface area contributed by atoms with Crippen LogP contribution in [0.5, 0.6) is 0 Å². The van der Waals surface area contributed by atoms with Crippen LogP contribution in [0.1, 0.15) is 5.69 Å². The summed E-state index contributed by atoms with van der Waals surface area (Å²) >= 11 is 12.3. The molecule has 1 aliphatic heterocycles. The highest BCUT2D eigenvalue weighted by atomic mass is 35.5. The lowest BCUT2D eigenvalue weighted by atomic mass is 10.2. The Morgan fingerprint density at radius 2 is 1.90 bits per heavy atom. The van der Waals surface area contributed by atoms with Crippen LogP contribution in [0.25, 0.3) is 16.6 Å². The molecule has 8 nitrogen and oxygen atoms in total. The SMILES string of the molecule is Cc1c2c(=O)n(-c3cc(Cl)ccc3Cl)[nH]c2cc(=O)n1CC(=O)N1CCOCC1. The van der Waals surface area contributed by atoms with Crippen LogP contribution in [0.2, 0.25) is 10.0 Å². The number of aromatic nitrogens is 3. The van der Waals surface area contributed by atoms with Crippen LogP contribution in [-0.2, 0) is 16.1 Å². The molecule has 0 aliphatic carbocycles. The Morgan fingerprint density at radius 3 is 2.62 bits per heavy atom. The maximum atomic E-state index is 13.1. The standard InChI is InChI=1S/C19H18Cl2N4O4/c1-11-18-14(22-25(19(18)28)15-8-12(20)2-3-13(15)21)9-16(26)24(11)10-17(27)23-4-6-29-7-5-23/h2-3,8-9,22H,4-7,10H2,1H3. The van der Waals surface area contributed by atoms with Gasteiger partial charge in [0.15, 0.2) is 0 Å². The molecule has 1 aliphatic rings. The highest BCUT2D eigenvalue weighted by Crippen LogP contribution is 2.24. The van der Waals surface area contributed by atoms with Crippen LogP contribution in [0.3, 0.4) is 0 Å². The van der Waals surface area contributed by atoms with E-state index in [1.807, 2.05) is 0 Å². The summed E-state index contributed by atoms with van der Waals surface area (Å²) in [7, 11) is 0. The van der Waals surface area contributed by atoms with Gasteiger partial charge >= 0.3 is 0 Å². The number of benzene rings is 1. The number of aromatic amines is 1. The molecule has 29 heavy (non-hydrogen) atoms. The van der Waals surface area contributed by atoms with Crippen LogP contribution >= 0.6 is 23.2 Å². The summed E-state index contributed by atoms with van der Waals surface area (Å²) in [5.74, 6) is -0.188. The molecular formula is C19H18Cl2N4O4. The average molecular weight is 437 g/mol. The Hall–Kier alpha value is -2.55. The van der Waals surface area contributed by atoms with Crippen molar-refractivity contribution in [1.82, 2.24) is 19.2 Å². The molecule has 4 rings (SSSR count). The van der Waals surface area contributed by atoms with E-state index < -0.39 is 0 Å². The van der Waals surface area contributed by atoms with Gasteiger partial charge in [0.1, 0.15) is 6.54 Å². The molecule has 2 aromatic heterocycles. The third-order valence-electron chi connectivity index (χ3n) is 5.03. The maximum Gasteiger partial charge on any atom is 0.280 e. The summed E-state index contributed by atoms with van der Waals surface area (Å²) in [6.07, 6.45) is 0. The molecule has 1 aromatic carbocycles. The zero-order valence-electron chi connectivity index (χ0n) is 15.6. The number of morpholine rings is 1. The molecule has 1 fully saturated rings. The molecule has 0 spiro atoms. The number of hydrogen-bond acceptors (Lipinski definition) is 4. The van der Waals surface area contributed by atoms with E-state index in [1.54, 1.807) is 30.0 Å². The number of hydrogen-bond donors (Lipinski definition) is 1. The highest BCUT2D eigenvalue weighted by Gasteiger charge is 2.21. The number of carbonyl (C=O) groups excluding carboxylic acids is 1. The van der Waals surface area contributed by atoms with Gasteiger partial charge in [0.2, 0.25) is 5.91 Å². The van der Waals surface area contributed by atoms with Gasteiger partial charge < -0.3 is 14.2 Å². The number of fused-ring (bicyclic) bond motifs is 1. The number of aryl methyl sites for hydroxylation is 1. The molecule has 3 heterocycles. The number of pyridine rings is 1. The fourth-order valence-corrected chi connectivity index (χ4v) is 3.85. The summed E-state index contributed by atoms with van der Waals surface area (Å²) in [6, 6.07) is 6.08. The van der Waals surface area contributed by atoms with E-state index >= 15 is 0 Å². The summed E-state index contributed by atoms with van der Waals surface area (Å²) in [5, 5.41) is 3.98. The van der Waals surface area contributed by atoms with Crippen molar-refractivity contribution < 1.29 is 9.53 Å². The number of nitrogens with zero attached hydrogens (tertiary/aromatic N) is 3. The van der Waals surface area contributed by atoms with Crippen LogP contribution in [0.15, 0.2) is 33.9 Å². The quantitative estimate of drug-likeness (QED) is 0.679. The van der Waals surface area contributed by atoms with Crippen LogP contribution < -0.4 is 11.1 Å². The van der Waals surface area contributed by atoms with E-state index in [9.17, 15) is 14.4 Å². The number of nitrogens with one attached hydrogen (secondary N) is 1. The molecule has 1 saturated heterocycles. The fraction of sp³-hybridized carbons (Fsp3) is 0.316. The first-order chi connectivity index (χ1) is 13.9. The lowest BCUT2D eigenvalue weighted by Gasteiger charge is -2.27. The summed E-state index contributed by atoms with van der Waals surface area (Å²) in [6.45, 7) is 3.43. The number of H-pyrrole nitrogens is 1. The van der Waals surface area contributed by atoms with E-state index in [2.05, 4.69) is 5.10 Å². The zero-order chi connectivity index (χ0) is 20.7. The predicted octanol–water partition coefficient (Wildman–Crippen LogP) is 1.95. The predicted molar refractivity (Wildman–Crippen MR) is 110 cm³/mol. The first-order valence-electron chi connectivity index (χ1n) is 9.03. The number of rotatable bonds is 3. The first kappa shape index (κ1) is 19.8. The largest absolute Gasteiger partial charge is 0.378 e. The number of ether oxygens (including phenoxy) is 1. The summed E-state index contributed by atoms with van der Waals surface area (Å²) in [5.41, 5.74) is 0.399. The Morgan fingerprint density at radius 1 is 1.17 bits per heavy atom. The molecule has 3 aromatic rings. The minimum absolute atomic E-state index is 0.136. The second kappa shape index (κ2) is 7.70. The third kappa shape index (κ3) is 3.59. The Balaban J connectivity index is 1.80. The Bertz CT molecular complexity index is 1220. The van der Waals surface area contributed by atoms with Crippen molar-refractivity contribution >= 4 is 40.0 Å². The van der Waals surface area contributed by atoms with Gasteiger partial charge in [0.05, 0.1) is 34.8 Å². The van der Waals surface area contributed by atoms with Gasteiger partial charge in [0, 0.05) is 29.9 Å². The van der Waals surface area contributed by atoms with Crippen molar-refractivity contribution in [3.8, 4) is 5.69 Å². The van der Waals surface area contributed by atoms with Crippen molar-refractivity contribution in [2.24, 2.45) is 0 Å². The molecule has 0 bridgehead atoms. The van der Waals surface area contributed by atoms with Gasteiger partial charge in [-0.1, -0.05) is 23.2 Å². The zero-order valence-corrected chi connectivity index (χ0v) is 17.1. The first-order valence-corrected chi connectivity index (χ1v) is 9.78. The molecule has 10 heteroatoms. The normalized spacial score (nSPS) is 14.5. The molecule has 0 atom stereocenters. The lowest BCUT2D eigenvalue weighted by Crippen LogP contribution is -2.43. The fourth-order valence-electron chi connectivity index (χ4n) is 3.48. The Kier molecular flexibility index (Phi) is 5.24. The van der Waals surface area contributed by atoms with Gasteiger partial charge in [-0.3, -0.25) is 19.5 Å². The van der Waals surface area contributed by atoms with Gasteiger partial charge in [-0.25, -0.2) is 4.68 Å². The highest BCUT2D eigenvalue weighted by molar-refractivity contribution is 6.34. The monoisotopic (exact) mass is 436 g/mol. The van der Waals surface area contributed by atoms with E-state index in [1.165, 1.54) is 15.3 Å². The topological polar surface area (TPSA) is 89.3 Å². The maximum absolute atomic E-state index is 13.1. The van der Waals surface area contributed by atoms with Crippen molar-refractivity contribution in [3.63, 3.8) is 0 Å². The van der Waals surface area contributed by atoms with Gasteiger partial charge in [0.25, 0.3) is 11.1 Å². The average Bonchev–Trinajstić information content (AvgIpc) is 3.03. The Labute approximate surface area is 175 Å². The van der Waals surface area contributed by atoms with E-state index in [4.69, 9.17) is 27.9 Å². The second-order valence-electron chi connectivity index (χ2n) is 6.78. The minimum atomic E-state index is -0.380. The molecule has 0 unspecified atom stereocenters. The third-order valence-corrected chi connectivity index (χ3v) is 5.58. The molecule has 1 N–H and O–H groups in total. The molecule has 1 amide bonds. The smallest absolute Gasteiger partial charge is 0.280 e. The number of carbonyl (C=O) groups is 1. The number of halogens is 2. The van der Waals surface area contributed by atoms with Crippen LogP contribution in [-0.4, -0.2) is 51.5 Å². The van der Waals surface area contributed by atoms with Crippen molar-refractivity contribution in [2.45, 2.75) is 13.5 Å². The number of amides is 1. The van der Waals surface area contributed by atoms with Crippen LogP contribution in [0, 0.1) is 6.92 Å². The van der Waals surface area contributed by atoms with Gasteiger partial charge in [-0.05, 0) is 25.1 Å². The minimum Gasteiger partial charge on any atom is -0.378 e. The molecule has 0 radical (unpaired) electrons. The van der Waals surface area contributed by atoms with Gasteiger partial charge in [-0.2, -0.15) is 0 Å².